The van der Waals surface area contributed by atoms with Gasteiger partial charge in [0.25, 0.3) is 0 Å². The van der Waals surface area contributed by atoms with Gasteiger partial charge in [-0.25, -0.2) is 0 Å². The van der Waals surface area contributed by atoms with Crippen molar-refractivity contribution in [1.82, 2.24) is 4.90 Å². The van der Waals surface area contributed by atoms with Crippen molar-refractivity contribution in [2.45, 2.75) is 113 Å². The molecule has 0 amide bonds. The molecule has 0 saturated heterocycles. The Bertz CT molecular complexity index is 1160. The third-order valence-corrected chi connectivity index (χ3v) is 10.8. The van der Waals surface area contributed by atoms with Crippen LogP contribution < -0.4 is 4.74 Å². The zero-order valence-corrected chi connectivity index (χ0v) is 28.1. The van der Waals surface area contributed by atoms with E-state index in [9.17, 15) is 39.5 Å². The average Bonchev–Trinajstić information content (AvgIpc) is 3.27. The Morgan fingerprint density at radius 2 is 1.53 bits per heavy atom. The molecule has 2 saturated carbocycles. The maximum absolute atomic E-state index is 13.1. The third-order valence-electron chi connectivity index (χ3n) is 10.6. The van der Waals surface area contributed by atoms with Crippen LogP contribution >= 0.6 is 12.6 Å². The monoisotopic (exact) mass is 707 g/mol. The summed E-state index contributed by atoms with van der Waals surface area (Å²) >= 11 is 4.58. The van der Waals surface area contributed by atoms with Crippen LogP contribution in [-0.2, 0) is 15.9 Å². The van der Waals surface area contributed by atoms with Gasteiger partial charge >= 0.3 is 24.1 Å². The summed E-state index contributed by atoms with van der Waals surface area (Å²) in [6, 6.07) is 6.34. The highest BCUT2D eigenvalue weighted by Gasteiger charge is 2.85. The molecule has 0 heterocycles. The van der Waals surface area contributed by atoms with Gasteiger partial charge in [-0.05, 0) is 111 Å². The van der Waals surface area contributed by atoms with Gasteiger partial charge < -0.3 is 19.1 Å². The molecule has 5 atom stereocenters. The smallest absolute Gasteiger partial charge is 0.435 e. The number of thiol groups is 1. The zero-order chi connectivity index (χ0) is 35.1. The lowest BCUT2D eigenvalue weighted by Gasteiger charge is -2.50. The number of halogens is 9. The lowest BCUT2D eigenvalue weighted by Crippen LogP contribution is -2.67. The first-order valence-electron chi connectivity index (χ1n) is 16.2. The largest absolute Gasteiger partial charge is 0.492 e. The fourth-order valence-electron chi connectivity index (χ4n) is 8.01. The van der Waals surface area contributed by atoms with Gasteiger partial charge in [-0.1, -0.05) is 26.8 Å². The number of hydrogen-bond donors (Lipinski definition) is 1. The van der Waals surface area contributed by atoms with Gasteiger partial charge in [0.05, 0.1) is 12.7 Å². The van der Waals surface area contributed by atoms with Gasteiger partial charge in [0, 0.05) is 17.9 Å². The molecule has 3 aliphatic carbocycles. The fourth-order valence-corrected chi connectivity index (χ4v) is 8.11. The fraction of sp³-hybridized carbons (Fsp3) is 0.818. The van der Waals surface area contributed by atoms with Gasteiger partial charge in [-0.2, -0.15) is 52.1 Å². The number of hydrogen-bond acceptors (Lipinski definition) is 5. The molecule has 0 aromatic heterocycles. The van der Waals surface area contributed by atoms with Gasteiger partial charge in [-0.3, -0.25) is 0 Å². The van der Waals surface area contributed by atoms with Crippen LogP contribution in [0.2, 0.25) is 0 Å². The molecule has 1 aromatic rings. The summed E-state index contributed by atoms with van der Waals surface area (Å²) in [5.41, 5.74) is -3.88. The van der Waals surface area contributed by atoms with Crippen molar-refractivity contribution in [2.75, 3.05) is 40.0 Å². The molecule has 2 fully saturated rings. The average molecular weight is 708 g/mol. The highest BCUT2D eigenvalue weighted by atomic mass is 32.1. The predicted molar refractivity (Wildman–Crippen MR) is 163 cm³/mol. The van der Waals surface area contributed by atoms with E-state index in [1.165, 1.54) is 11.1 Å². The summed E-state index contributed by atoms with van der Waals surface area (Å²) < 4.78 is 134. The van der Waals surface area contributed by atoms with Crippen molar-refractivity contribution in [2.24, 2.45) is 17.3 Å². The van der Waals surface area contributed by atoms with Crippen LogP contribution in [0.1, 0.15) is 82.8 Å². The minimum Gasteiger partial charge on any atom is -0.492 e. The molecular formula is C33H46F9NO3S. The van der Waals surface area contributed by atoms with Gasteiger partial charge in [-0.15, -0.1) is 0 Å². The molecule has 4 rings (SSSR count). The highest BCUT2D eigenvalue weighted by molar-refractivity contribution is 7.81. The molecule has 1 aromatic carbocycles. The van der Waals surface area contributed by atoms with Crippen LogP contribution in [-0.4, -0.2) is 79.8 Å². The zero-order valence-electron chi connectivity index (χ0n) is 27.3. The van der Waals surface area contributed by atoms with Crippen molar-refractivity contribution < 1.29 is 53.7 Å². The summed E-state index contributed by atoms with van der Waals surface area (Å²) in [5.74, 6) is 1.94. The number of benzene rings is 1. The van der Waals surface area contributed by atoms with E-state index in [2.05, 4.69) is 62.2 Å². The molecule has 4 nitrogen and oxygen atoms in total. The van der Waals surface area contributed by atoms with E-state index in [-0.39, 0.29) is 22.9 Å². The van der Waals surface area contributed by atoms with Crippen LogP contribution in [0.3, 0.4) is 0 Å². The first kappa shape index (κ1) is 38.4. The molecule has 0 aliphatic heterocycles. The normalized spacial score (nSPS) is 27.0. The standard InChI is InChI=1S/C33H46F9NO3S/c1-28(2,47)14-15-43(4)16-19-44-22-7-9-23-21(20-22)6-8-25-24(23)12-13-29(3)26(25)10-11-27(29)45-17-5-18-46-30(31(34,35)36,32(37,38)39)33(40,41)42/h7,9,20,24-27,47H,5-6,8,10-19H2,1-4H3. The Kier molecular flexibility index (Phi) is 11.5. The maximum atomic E-state index is 13.1. The van der Waals surface area contributed by atoms with Gasteiger partial charge in [0.1, 0.15) is 12.4 Å². The summed E-state index contributed by atoms with van der Waals surface area (Å²) in [5, 5.41) is 0. The van der Waals surface area contributed by atoms with Crippen molar-refractivity contribution in [3.8, 4) is 5.75 Å². The lowest BCUT2D eigenvalue weighted by molar-refractivity contribution is -0.457. The van der Waals surface area contributed by atoms with Gasteiger partial charge in [0.15, 0.2) is 0 Å². The first-order chi connectivity index (χ1) is 21.6. The maximum Gasteiger partial charge on any atom is 0.435 e. The first-order valence-corrected chi connectivity index (χ1v) is 16.7. The molecule has 270 valence electrons. The second kappa shape index (κ2) is 14.1. The summed E-state index contributed by atoms with van der Waals surface area (Å²) in [6.45, 7) is 6.90. The second-order valence-electron chi connectivity index (χ2n) is 14.3. The Morgan fingerprint density at radius 1 is 0.872 bits per heavy atom. The van der Waals surface area contributed by atoms with E-state index in [1.54, 1.807) is 0 Å². The molecule has 0 N–H and O–H groups in total. The minimum atomic E-state index is -6.73. The van der Waals surface area contributed by atoms with Crippen molar-refractivity contribution in [3.05, 3.63) is 29.3 Å². The molecule has 47 heavy (non-hydrogen) atoms. The number of rotatable bonds is 13. The van der Waals surface area contributed by atoms with E-state index < -0.39 is 37.2 Å². The molecule has 5 unspecified atom stereocenters. The van der Waals surface area contributed by atoms with Crippen LogP contribution in [0, 0.1) is 17.3 Å². The molecule has 3 aliphatic rings. The molecule has 0 radical (unpaired) electrons. The van der Waals surface area contributed by atoms with Crippen molar-refractivity contribution in [3.63, 3.8) is 0 Å². The van der Waals surface area contributed by atoms with Crippen LogP contribution in [0.4, 0.5) is 39.5 Å². The van der Waals surface area contributed by atoms with Crippen molar-refractivity contribution >= 4 is 12.6 Å². The summed E-state index contributed by atoms with van der Waals surface area (Å²) in [6.07, 6.45) is -14.9. The van der Waals surface area contributed by atoms with Gasteiger partial charge in [0.2, 0.25) is 0 Å². The predicted octanol–water partition coefficient (Wildman–Crippen LogP) is 9.17. The van der Waals surface area contributed by atoms with Crippen LogP contribution in [0.5, 0.6) is 5.75 Å². The van der Waals surface area contributed by atoms with E-state index >= 15 is 0 Å². The van der Waals surface area contributed by atoms with Crippen LogP contribution in [0.15, 0.2) is 18.2 Å². The highest BCUT2D eigenvalue weighted by Crippen LogP contribution is 2.62. The number of fused-ring (bicyclic) bond motifs is 5. The number of nitrogens with zero attached hydrogens (tertiary/aromatic N) is 1. The lowest BCUT2D eigenvalue weighted by atomic mass is 9.55. The van der Waals surface area contributed by atoms with Crippen molar-refractivity contribution in [1.29, 1.82) is 0 Å². The Labute approximate surface area is 276 Å². The number of aryl methyl sites for hydroxylation is 1. The molecule has 0 spiro atoms. The Morgan fingerprint density at radius 3 is 2.15 bits per heavy atom. The number of likely N-dealkylation sites (N-methyl/N-ethyl adjacent to an activating group) is 1. The summed E-state index contributed by atoms with van der Waals surface area (Å²) in [4.78, 5) is 2.23. The number of ether oxygens (including phenoxy) is 3. The quantitative estimate of drug-likeness (QED) is 0.126. The van der Waals surface area contributed by atoms with E-state index in [0.717, 1.165) is 57.4 Å². The molecular weight excluding hydrogens is 661 g/mol. The van der Waals surface area contributed by atoms with Crippen LogP contribution in [0.25, 0.3) is 0 Å². The minimum absolute atomic E-state index is 0.0221. The van der Waals surface area contributed by atoms with E-state index in [0.29, 0.717) is 30.8 Å². The second-order valence-corrected chi connectivity index (χ2v) is 15.6. The van der Waals surface area contributed by atoms with E-state index in [1.807, 2.05) is 6.07 Å². The molecule has 0 bridgehead atoms. The summed E-state index contributed by atoms with van der Waals surface area (Å²) in [7, 11) is 2.07. The Balaban J connectivity index is 1.30. The topological polar surface area (TPSA) is 30.9 Å². The van der Waals surface area contributed by atoms with E-state index in [4.69, 9.17) is 9.47 Å². The Hall–Kier alpha value is -1.38. The number of alkyl halides is 9. The third kappa shape index (κ3) is 8.17. The SMILES string of the molecule is CN(CCOc1ccc2c(c1)CCC1C2CCC2(C)C(OCCCOC(C(F)(F)F)(C(F)(F)F)C(F)(F)F)CCC12)CCC(C)(C)S. The molecule has 14 heteroatoms.